The molecule has 286 valence electrons. The number of aromatic nitrogens is 2. The molecule has 61 heavy (non-hydrogen) atoms. The highest BCUT2D eigenvalue weighted by atomic mass is 14.9. The average molecular weight is 777 g/mol. The topological polar surface area (TPSA) is 25.8 Å². The zero-order chi connectivity index (χ0) is 40.6. The van der Waals surface area contributed by atoms with Crippen molar-refractivity contribution in [1.82, 2.24) is 9.97 Å². The Bertz CT molecular complexity index is 3090. The van der Waals surface area contributed by atoms with Crippen LogP contribution in [0.1, 0.15) is 22.3 Å². The summed E-state index contributed by atoms with van der Waals surface area (Å²) in [7, 11) is 0. The van der Waals surface area contributed by atoms with Crippen LogP contribution in [0.25, 0.3) is 78.4 Å². The van der Waals surface area contributed by atoms with Crippen molar-refractivity contribution in [3.8, 4) is 78.4 Å². The van der Waals surface area contributed by atoms with Gasteiger partial charge in [0.05, 0.1) is 16.8 Å². The molecule has 0 fully saturated rings. The molecule has 0 spiro atoms. The van der Waals surface area contributed by atoms with Crippen molar-refractivity contribution < 1.29 is 0 Å². The van der Waals surface area contributed by atoms with Crippen molar-refractivity contribution >= 4 is 0 Å². The number of hydrogen-bond donors (Lipinski definition) is 0. The first-order chi connectivity index (χ1) is 30.2. The van der Waals surface area contributed by atoms with E-state index in [2.05, 4.69) is 231 Å². The Morgan fingerprint density at radius 3 is 1.23 bits per heavy atom. The summed E-state index contributed by atoms with van der Waals surface area (Å²) >= 11 is 0. The van der Waals surface area contributed by atoms with Gasteiger partial charge in [-0.25, -0.2) is 9.97 Å². The first-order valence-corrected chi connectivity index (χ1v) is 20.9. The van der Waals surface area contributed by atoms with Crippen molar-refractivity contribution in [3.05, 3.63) is 265 Å². The lowest BCUT2D eigenvalue weighted by atomic mass is 9.67. The summed E-state index contributed by atoms with van der Waals surface area (Å²) in [5.74, 6) is 0.690. The molecule has 10 aromatic rings. The molecule has 0 aliphatic heterocycles. The first-order valence-electron chi connectivity index (χ1n) is 20.9. The van der Waals surface area contributed by atoms with E-state index in [1.807, 2.05) is 12.1 Å². The molecule has 0 saturated heterocycles. The lowest BCUT2D eigenvalue weighted by Gasteiger charge is -2.34. The maximum Gasteiger partial charge on any atom is 0.160 e. The lowest BCUT2D eigenvalue weighted by molar-refractivity contribution is 0.769. The molecule has 1 aromatic heterocycles. The number of nitrogens with zero attached hydrogens (tertiary/aromatic N) is 2. The summed E-state index contributed by atoms with van der Waals surface area (Å²) in [6.45, 7) is 0. The van der Waals surface area contributed by atoms with Gasteiger partial charge in [-0.15, -0.1) is 0 Å². The molecule has 0 N–H and O–H groups in total. The summed E-state index contributed by atoms with van der Waals surface area (Å²) in [6, 6.07) is 87.2. The van der Waals surface area contributed by atoms with Crippen molar-refractivity contribution in [3.63, 3.8) is 0 Å². The third kappa shape index (κ3) is 6.37. The second-order valence-electron chi connectivity index (χ2n) is 15.7. The number of hydrogen-bond acceptors (Lipinski definition) is 2. The Hall–Kier alpha value is -7.94. The van der Waals surface area contributed by atoms with E-state index in [4.69, 9.17) is 9.97 Å². The van der Waals surface area contributed by atoms with Crippen LogP contribution < -0.4 is 0 Å². The number of rotatable bonds is 8. The standard InChI is InChI=1S/C59H40N2/c1-6-18-41(19-7-1)42-30-34-46(35-31-42)57-40-56(45-22-10-3-11-23-45)60-58(61-57)47-36-32-44(33-37-47)52-39-55-53(38-51(52)43-20-8-2-9-21-43)50-28-16-17-29-54(50)59(55,48-24-12-4-13-25-48)49-26-14-5-15-27-49/h1-40H. The summed E-state index contributed by atoms with van der Waals surface area (Å²) < 4.78 is 0. The Labute approximate surface area is 357 Å². The molecule has 0 atom stereocenters. The zero-order valence-electron chi connectivity index (χ0n) is 33.5. The van der Waals surface area contributed by atoms with Crippen LogP contribution in [-0.2, 0) is 5.41 Å². The highest BCUT2D eigenvalue weighted by Crippen LogP contribution is 2.58. The van der Waals surface area contributed by atoms with Crippen LogP contribution >= 0.6 is 0 Å². The van der Waals surface area contributed by atoms with Gasteiger partial charge in [0.25, 0.3) is 0 Å². The van der Waals surface area contributed by atoms with Crippen LogP contribution in [0, 0.1) is 0 Å². The van der Waals surface area contributed by atoms with E-state index in [9.17, 15) is 0 Å². The summed E-state index contributed by atoms with van der Waals surface area (Å²) in [6.07, 6.45) is 0. The van der Waals surface area contributed by atoms with Gasteiger partial charge in [-0.3, -0.25) is 0 Å². The van der Waals surface area contributed by atoms with E-state index in [0.29, 0.717) is 5.82 Å². The molecule has 11 rings (SSSR count). The van der Waals surface area contributed by atoms with Gasteiger partial charge in [0.1, 0.15) is 0 Å². The lowest BCUT2D eigenvalue weighted by Crippen LogP contribution is -2.28. The zero-order valence-corrected chi connectivity index (χ0v) is 33.5. The monoisotopic (exact) mass is 776 g/mol. The quantitative estimate of drug-likeness (QED) is 0.154. The fourth-order valence-corrected chi connectivity index (χ4v) is 9.33. The average Bonchev–Trinajstić information content (AvgIpc) is 3.65. The molecule has 0 radical (unpaired) electrons. The number of fused-ring (bicyclic) bond motifs is 3. The molecule has 0 bridgehead atoms. The van der Waals surface area contributed by atoms with E-state index in [1.165, 1.54) is 61.2 Å². The highest BCUT2D eigenvalue weighted by molar-refractivity contribution is 5.95. The Balaban J connectivity index is 1.07. The van der Waals surface area contributed by atoms with Crippen LogP contribution in [0.2, 0.25) is 0 Å². The molecule has 0 amide bonds. The van der Waals surface area contributed by atoms with Gasteiger partial charge < -0.3 is 0 Å². The van der Waals surface area contributed by atoms with Gasteiger partial charge in [0.15, 0.2) is 5.82 Å². The molecule has 0 unspecified atom stereocenters. The van der Waals surface area contributed by atoms with E-state index in [-0.39, 0.29) is 0 Å². The second kappa shape index (κ2) is 15.3. The van der Waals surface area contributed by atoms with Crippen molar-refractivity contribution in [1.29, 1.82) is 0 Å². The van der Waals surface area contributed by atoms with Gasteiger partial charge in [-0.05, 0) is 85.0 Å². The van der Waals surface area contributed by atoms with Crippen LogP contribution in [0.5, 0.6) is 0 Å². The summed E-state index contributed by atoms with van der Waals surface area (Å²) in [5.41, 5.74) is 19.0. The minimum atomic E-state index is -0.500. The first kappa shape index (κ1) is 36.2. The fraction of sp³-hybridized carbons (Fsp3) is 0.0169. The molecule has 9 aromatic carbocycles. The van der Waals surface area contributed by atoms with E-state index in [1.54, 1.807) is 0 Å². The summed E-state index contributed by atoms with van der Waals surface area (Å²) in [5, 5.41) is 0. The molecular formula is C59H40N2. The van der Waals surface area contributed by atoms with E-state index >= 15 is 0 Å². The fourth-order valence-electron chi connectivity index (χ4n) is 9.33. The highest BCUT2D eigenvalue weighted by Gasteiger charge is 2.46. The van der Waals surface area contributed by atoms with Crippen molar-refractivity contribution in [2.24, 2.45) is 0 Å². The third-order valence-corrected chi connectivity index (χ3v) is 12.2. The second-order valence-corrected chi connectivity index (χ2v) is 15.7. The molecular weight excluding hydrogens is 737 g/mol. The Kier molecular flexibility index (Phi) is 9.09. The van der Waals surface area contributed by atoms with Crippen LogP contribution in [0.15, 0.2) is 243 Å². The van der Waals surface area contributed by atoms with Gasteiger partial charge in [-0.2, -0.15) is 0 Å². The molecule has 1 aliphatic rings. The van der Waals surface area contributed by atoms with Gasteiger partial charge in [0, 0.05) is 16.7 Å². The van der Waals surface area contributed by atoms with E-state index in [0.717, 1.165) is 33.6 Å². The normalized spacial score (nSPS) is 12.4. The molecule has 0 saturated carbocycles. The summed E-state index contributed by atoms with van der Waals surface area (Å²) in [4.78, 5) is 10.4. The van der Waals surface area contributed by atoms with Crippen LogP contribution in [-0.4, -0.2) is 9.97 Å². The maximum atomic E-state index is 5.21. The van der Waals surface area contributed by atoms with E-state index < -0.39 is 5.41 Å². The molecule has 2 nitrogen and oxygen atoms in total. The number of benzene rings is 9. The largest absolute Gasteiger partial charge is 0.228 e. The van der Waals surface area contributed by atoms with Gasteiger partial charge in [0.2, 0.25) is 0 Å². The minimum absolute atomic E-state index is 0.500. The SMILES string of the molecule is c1ccc(-c2ccc(-c3cc(-c4ccccc4)nc(-c4ccc(-c5cc6c(cc5-c5ccccc5)-c5ccccc5C6(c5ccccc5)c5ccccc5)cc4)n3)cc2)cc1. The smallest absolute Gasteiger partial charge is 0.160 e. The maximum absolute atomic E-state index is 5.21. The third-order valence-electron chi connectivity index (χ3n) is 12.2. The Morgan fingerprint density at radius 1 is 0.246 bits per heavy atom. The predicted molar refractivity (Wildman–Crippen MR) is 252 cm³/mol. The molecule has 1 aliphatic carbocycles. The Morgan fingerprint density at radius 2 is 0.639 bits per heavy atom. The van der Waals surface area contributed by atoms with Gasteiger partial charge >= 0.3 is 0 Å². The molecule has 1 heterocycles. The molecule has 2 heteroatoms. The van der Waals surface area contributed by atoms with Crippen molar-refractivity contribution in [2.75, 3.05) is 0 Å². The minimum Gasteiger partial charge on any atom is -0.228 e. The van der Waals surface area contributed by atoms with Crippen molar-refractivity contribution in [2.45, 2.75) is 5.41 Å². The van der Waals surface area contributed by atoms with Crippen LogP contribution in [0.3, 0.4) is 0 Å². The van der Waals surface area contributed by atoms with Gasteiger partial charge in [-0.1, -0.05) is 224 Å². The predicted octanol–water partition coefficient (Wildman–Crippen LogP) is 14.8. The van der Waals surface area contributed by atoms with Crippen LogP contribution in [0.4, 0.5) is 0 Å².